The van der Waals surface area contributed by atoms with E-state index in [0.29, 0.717) is 0 Å². The van der Waals surface area contributed by atoms with Crippen molar-refractivity contribution in [2.45, 2.75) is 32.7 Å². The third-order valence-electron chi connectivity index (χ3n) is 4.41. The van der Waals surface area contributed by atoms with E-state index < -0.39 is 0 Å². The van der Waals surface area contributed by atoms with Gasteiger partial charge in [0, 0.05) is 24.7 Å². The van der Waals surface area contributed by atoms with Crippen LogP contribution in [0.5, 0.6) is 0 Å². The van der Waals surface area contributed by atoms with Crippen molar-refractivity contribution in [1.29, 1.82) is 0 Å². The first-order valence-electron chi connectivity index (χ1n) is 8.05. The molecule has 2 aromatic rings. The molecule has 1 aliphatic rings. The average molecular weight is 310 g/mol. The molecule has 120 valence electrons. The molecule has 0 unspecified atom stereocenters. The molecule has 3 rings (SSSR count). The van der Waals surface area contributed by atoms with Crippen molar-refractivity contribution in [2.24, 2.45) is 0 Å². The fourth-order valence-corrected chi connectivity index (χ4v) is 2.80. The lowest BCUT2D eigenvalue weighted by atomic mass is 10.0. The topological polar surface area (TPSA) is 58.1 Å². The molecule has 1 fully saturated rings. The maximum absolute atomic E-state index is 12.2. The predicted octanol–water partition coefficient (Wildman–Crippen LogP) is 2.49. The molecule has 1 saturated heterocycles. The summed E-state index contributed by atoms with van der Waals surface area (Å²) in [4.78, 5) is 14.4. The summed E-state index contributed by atoms with van der Waals surface area (Å²) in [5.41, 5.74) is 2.85. The van der Waals surface area contributed by atoms with Gasteiger partial charge in [-0.15, -0.1) is 5.10 Å². The first-order valence-corrected chi connectivity index (χ1v) is 8.05. The van der Waals surface area contributed by atoms with E-state index in [0.717, 1.165) is 48.6 Å². The van der Waals surface area contributed by atoms with Gasteiger partial charge in [-0.3, -0.25) is 4.79 Å². The van der Waals surface area contributed by atoms with Crippen LogP contribution >= 0.6 is 0 Å². The molecule has 0 bridgehead atoms. The number of aromatic nitrogens is 2. The second-order valence-electron chi connectivity index (χ2n) is 6.07. The molecule has 0 spiro atoms. The molecule has 0 saturated carbocycles. The fourth-order valence-electron chi connectivity index (χ4n) is 2.80. The summed E-state index contributed by atoms with van der Waals surface area (Å²) >= 11 is 0. The number of rotatable bonds is 3. The summed E-state index contributed by atoms with van der Waals surface area (Å²) < 4.78 is 0. The van der Waals surface area contributed by atoms with Gasteiger partial charge >= 0.3 is 0 Å². The van der Waals surface area contributed by atoms with E-state index in [1.165, 1.54) is 0 Å². The van der Waals surface area contributed by atoms with Crippen LogP contribution in [-0.2, 0) is 0 Å². The van der Waals surface area contributed by atoms with Gasteiger partial charge in [-0.1, -0.05) is 18.2 Å². The second-order valence-corrected chi connectivity index (χ2v) is 6.07. The number of piperidine rings is 1. The van der Waals surface area contributed by atoms with E-state index in [2.05, 4.69) is 33.4 Å². The van der Waals surface area contributed by atoms with Crippen LogP contribution in [0.1, 0.15) is 34.5 Å². The quantitative estimate of drug-likeness (QED) is 0.946. The molecule has 5 nitrogen and oxygen atoms in total. The van der Waals surface area contributed by atoms with Crippen molar-refractivity contribution in [2.75, 3.05) is 18.0 Å². The third kappa shape index (κ3) is 3.67. The van der Waals surface area contributed by atoms with E-state index in [1.54, 1.807) is 0 Å². The molecule has 23 heavy (non-hydrogen) atoms. The second kappa shape index (κ2) is 6.77. The van der Waals surface area contributed by atoms with Crippen LogP contribution in [0.3, 0.4) is 0 Å². The number of nitrogens with one attached hydrogen (secondary N) is 1. The van der Waals surface area contributed by atoms with Gasteiger partial charge in [0.15, 0.2) is 5.82 Å². The minimum atomic E-state index is 0.00928. The van der Waals surface area contributed by atoms with Crippen molar-refractivity contribution in [3.05, 3.63) is 53.2 Å². The number of benzene rings is 1. The summed E-state index contributed by atoms with van der Waals surface area (Å²) in [5.74, 6) is 0.941. The van der Waals surface area contributed by atoms with Crippen molar-refractivity contribution < 1.29 is 4.79 Å². The normalized spacial score (nSPS) is 15.5. The van der Waals surface area contributed by atoms with Crippen LogP contribution in [0.25, 0.3) is 0 Å². The maximum atomic E-state index is 12.2. The fraction of sp³-hybridized carbons (Fsp3) is 0.389. The van der Waals surface area contributed by atoms with Gasteiger partial charge in [-0.25, -0.2) is 0 Å². The Morgan fingerprint density at radius 2 is 1.83 bits per heavy atom. The van der Waals surface area contributed by atoms with Crippen molar-refractivity contribution >= 4 is 11.7 Å². The number of aryl methyl sites for hydroxylation is 2. The Hall–Kier alpha value is -2.43. The molecular formula is C18H22N4O. The highest BCUT2D eigenvalue weighted by molar-refractivity contribution is 5.94. The molecule has 0 aliphatic carbocycles. The number of carbonyl (C=O) groups is 1. The monoisotopic (exact) mass is 310 g/mol. The van der Waals surface area contributed by atoms with Crippen LogP contribution in [0, 0.1) is 13.8 Å². The lowest BCUT2D eigenvalue weighted by Crippen LogP contribution is -2.45. The standard InChI is InChI=1S/C18H22N4O/c1-13-12-17(21-20-14(13)2)22-10-8-16(9-11-22)19-18(23)15-6-4-3-5-7-15/h3-7,12,16H,8-11H2,1-2H3,(H,19,23). The van der Waals surface area contributed by atoms with E-state index in [-0.39, 0.29) is 11.9 Å². The largest absolute Gasteiger partial charge is 0.355 e. The summed E-state index contributed by atoms with van der Waals surface area (Å²) in [6, 6.07) is 11.7. The lowest BCUT2D eigenvalue weighted by Gasteiger charge is -2.33. The number of nitrogens with zero attached hydrogens (tertiary/aromatic N) is 3. The Bertz CT molecular complexity index is 679. The van der Waals surface area contributed by atoms with E-state index >= 15 is 0 Å². The molecule has 1 amide bonds. The Morgan fingerprint density at radius 3 is 2.48 bits per heavy atom. The first kappa shape index (κ1) is 15.5. The van der Waals surface area contributed by atoms with Crippen molar-refractivity contribution in [3.63, 3.8) is 0 Å². The highest BCUT2D eigenvalue weighted by Gasteiger charge is 2.22. The number of amides is 1. The third-order valence-corrected chi connectivity index (χ3v) is 4.41. The molecule has 1 aromatic carbocycles. The van der Waals surface area contributed by atoms with Gasteiger partial charge in [0.05, 0.1) is 5.69 Å². The van der Waals surface area contributed by atoms with Gasteiger partial charge in [0.25, 0.3) is 5.91 Å². The average Bonchev–Trinajstić information content (AvgIpc) is 2.59. The van der Waals surface area contributed by atoms with Crippen molar-refractivity contribution in [3.8, 4) is 0 Å². The van der Waals surface area contributed by atoms with E-state index in [1.807, 2.05) is 37.3 Å². The Morgan fingerprint density at radius 1 is 1.13 bits per heavy atom. The molecule has 5 heteroatoms. The van der Waals surface area contributed by atoms with Crippen LogP contribution in [0.15, 0.2) is 36.4 Å². The first-order chi connectivity index (χ1) is 11.1. The van der Waals surface area contributed by atoms with E-state index in [4.69, 9.17) is 0 Å². The van der Waals surface area contributed by atoms with Gasteiger partial charge in [0.1, 0.15) is 0 Å². The number of carbonyl (C=O) groups excluding carboxylic acids is 1. The van der Waals surface area contributed by atoms with Crippen LogP contribution < -0.4 is 10.2 Å². The minimum absolute atomic E-state index is 0.00928. The zero-order valence-corrected chi connectivity index (χ0v) is 13.6. The summed E-state index contributed by atoms with van der Waals surface area (Å²) in [6.45, 7) is 5.80. The van der Waals surface area contributed by atoms with Gasteiger partial charge in [-0.05, 0) is 50.5 Å². The zero-order valence-electron chi connectivity index (χ0n) is 13.6. The molecule has 1 aromatic heterocycles. The minimum Gasteiger partial charge on any atom is -0.355 e. The molecule has 1 aliphatic heterocycles. The predicted molar refractivity (Wildman–Crippen MR) is 90.6 cm³/mol. The van der Waals surface area contributed by atoms with Gasteiger partial charge in [0.2, 0.25) is 0 Å². The number of hydrogen-bond donors (Lipinski definition) is 1. The van der Waals surface area contributed by atoms with Gasteiger partial charge in [-0.2, -0.15) is 5.10 Å². The van der Waals surface area contributed by atoms with Crippen LogP contribution in [0.2, 0.25) is 0 Å². The summed E-state index contributed by atoms with van der Waals surface area (Å²) in [5, 5.41) is 11.6. The zero-order chi connectivity index (χ0) is 16.2. The van der Waals surface area contributed by atoms with Gasteiger partial charge < -0.3 is 10.2 Å². The smallest absolute Gasteiger partial charge is 0.251 e. The highest BCUT2D eigenvalue weighted by Crippen LogP contribution is 2.19. The molecule has 1 N–H and O–H groups in total. The number of anilines is 1. The molecule has 0 atom stereocenters. The summed E-state index contributed by atoms with van der Waals surface area (Å²) in [6.07, 6.45) is 1.85. The molecular weight excluding hydrogens is 288 g/mol. The lowest BCUT2D eigenvalue weighted by molar-refractivity contribution is 0.0931. The maximum Gasteiger partial charge on any atom is 0.251 e. The Labute approximate surface area is 136 Å². The Balaban J connectivity index is 1.56. The number of hydrogen-bond acceptors (Lipinski definition) is 4. The van der Waals surface area contributed by atoms with Crippen LogP contribution in [-0.4, -0.2) is 35.2 Å². The Kier molecular flexibility index (Phi) is 4.55. The highest BCUT2D eigenvalue weighted by atomic mass is 16.1. The van der Waals surface area contributed by atoms with Crippen LogP contribution in [0.4, 0.5) is 5.82 Å². The molecule has 2 heterocycles. The van der Waals surface area contributed by atoms with Crippen molar-refractivity contribution in [1.82, 2.24) is 15.5 Å². The molecule has 0 radical (unpaired) electrons. The summed E-state index contributed by atoms with van der Waals surface area (Å²) in [7, 11) is 0. The SMILES string of the molecule is Cc1cc(N2CCC(NC(=O)c3ccccc3)CC2)nnc1C. The van der Waals surface area contributed by atoms with E-state index in [9.17, 15) is 4.79 Å².